The molecule has 1 aliphatic rings. The summed E-state index contributed by atoms with van der Waals surface area (Å²) in [5, 5.41) is 0. The molecule has 0 unspecified atom stereocenters. The number of nitrogens with zero attached hydrogens (tertiary/aromatic N) is 1. The first-order valence-corrected chi connectivity index (χ1v) is 8.39. The lowest BCUT2D eigenvalue weighted by molar-refractivity contribution is 0.280. The Morgan fingerprint density at radius 2 is 2.05 bits per heavy atom. The van der Waals surface area contributed by atoms with Crippen LogP contribution in [0.2, 0.25) is 0 Å². The molecule has 0 aliphatic heterocycles. The Balaban J connectivity index is 1.67. The van der Waals surface area contributed by atoms with Crippen molar-refractivity contribution < 1.29 is 4.42 Å². The second kappa shape index (κ2) is 6.61. The van der Waals surface area contributed by atoms with Crippen molar-refractivity contribution in [3.63, 3.8) is 0 Å². The Labute approximate surface area is 126 Å². The zero-order valence-corrected chi connectivity index (χ0v) is 13.0. The Hall–Kier alpha value is -1.35. The summed E-state index contributed by atoms with van der Waals surface area (Å²) >= 11 is 0. The van der Waals surface area contributed by atoms with Gasteiger partial charge in [-0.1, -0.05) is 32.3 Å². The summed E-state index contributed by atoms with van der Waals surface area (Å²) < 4.78 is 6.00. The van der Waals surface area contributed by atoms with E-state index in [0.29, 0.717) is 12.5 Å². The molecule has 2 N–H and O–H groups in total. The molecule has 2 aromatic rings. The normalized spacial score (nSPS) is 22.8. The minimum atomic E-state index is 0.511. The van der Waals surface area contributed by atoms with Gasteiger partial charge in [-0.2, -0.15) is 0 Å². The van der Waals surface area contributed by atoms with Gasteiger partial charge in [0.2, 0.25) is 0 Å². The predicted octanol–water partition coefficient (Wildman–Crippen LogP) is 4.75. The molecule has 1 aliphatic carbocycles. The third kappa shape index (κ3) is 3.29. The van der Waals surface area contributed by atoms with Crippen molar-refractivity contribution in [3.05, 3.63) is 29.7 Å². The maximum Gasteiger partial charge on any atom is 0.198 e. The van der Waals surface area contributed by atoms with Gasteiger partial charge in [-0.25, -0.2) is 4.98 Å². The Bertz CT molecular complexity index is 582. The van der Waals surface area contributed by atoms with Crippen LogP contribution in [0.15, 0.2) is 22.6 Å². The highest BCUT2D eigenvalue weighted by molar-refractivity contribution is 5.73. The molecule has 1 fully saturated rings. The Morgan fingerprint density at radius 3 is 2.76 bits per heavy atom. The van der Waals surface area contributed by atoms with E-state index in [2.05, 4.69) is 6.92 Å². The second-order valence-corrected chi connectivity index (χ2v) is 6.42. The lowest BCUT2D eigenvalue weighted by Crippen LogP contribution is -2.13. The molecule has 0 radical (unpaired) electrons. The van der Waals surface area contributed by atoms with Crippen LogP contribution in [-0.4, -0.2) is 4.98 Å². The van der Waals surface area contributed by atoms with Crippen molar-refractivity contribution in [1.29, 1.82) is 0 Å². The largest absolute Gasteiger partial charge is 0.440 e. The van der Waals surface area contributed by atoms with Crippen LogP contribution in [0.5, 0.6) is 0 Å². The number of hydrogen-bond donors (Lipinski definition) is 1. The predicted molar refractivity (Wildman–Crippen MR) is 86.1 cm³/mol. The second-order valence-electron chi connectivity index (χ2n) is 6.42. The molecule has 1 heterocycles. The lowest BCUT2D eigenvalue weighted by Gasteiger charge is -2.26. The van der Waals surface area contributed by atoms with Gasteiger partial charge >= 0.3 is 0 Å². The van der Waals surface area contributed by atoms with Crippen LogP contribution in [0.1, 0.15) is 69.2 Å². The summed E-state index contributed by atoms with van der Waals surface area (Å²) in [4.78, 5) is 4.69. The Morgan fingerprint density at radius 1 is 1.24 bits per heavy atom. The van der Waals surface area contributed by atoms with E-state index in [1.165, 1.54) is 44.9 Å². The average molecular weight is 286 g/mol. The van der Waals surface area contributed by atoms with Gasteiger partial charge in [0.1, 0.15) is 5.52 Å². The highest BCUT2D eigenvalue weighted by atomic mass is 16.3. The highest BCUT2D eigenvalue weighted by Crippen LogP contribution is 2.38. The van der Waals surface area contributed by atoms with Crippen LogP contribution < -0.4 is 5.73 Å². The summed E-state index contributed by atoms with van der Waals surface area (Å²) in [5.41, 5.74) is 8.65. The van der Waals surface area contributed by atoms with Crippen molar-refractivity contribution in [2.75, 3.05) is 0 Å². The SMILES string of the molecule is CCCCC1CCC(c2nc3ccc(CN)cc3o2)CC1. The molecule has 1 aromatic carbocycles. The molecular formula is C18H26N2O. The molecule has 3 nitrogen and oxygen atoms in total. The maximum atomic E-state index is 6.00. The van der Waals surface area contributed by atoms with E-state index in [-0.39, 0.29) is 0 Å². The van der Waals surface area contributed by atoms with E-state index >= 15 is 0 Å². The summed E-state index contributed by atoms with van der Waals surface area (Å²) in [6.45, 7) is 2.83. The number of rotatable bonds is 5. The van der Waals surface area contributed by atoms with E-state index in [1.807, 2.05) is 18.2 Å². The molecule has 0 spiro atoms. The zero-order valence-electron chi connectivity index (χ0n) is 13.0. The van der Waals surface area contributed by atoms with Gasteiger partial charge in [-0.3, -0.25) is 0 Å². The minimum Gasteiger partial charge on any atom is -0.440 e. The van der Waals surface area contributed by atoms with Crippen molar-refractivity contribution in [2.45, 2.75) is 64.3 Å². The molecule has 0 bridgehead atoms. The summed E-state index contributed by atoms with van der Waals surface area (Å²) in [7, 11) is 0. The fourth-order valence-electron chi connectivity index (χ4n) is 3.48. The molecule has 1 aromatic heterocycles. The molecule has 21 heavy (non-hydrogen) atoms. The smallest absolute Gasteiger partial charge is 0.198 e. The molecule has 0 amide bonds. The third-order valence-corrected chi connectivity index (χ3v) is 4.87. The van der Waals surface area contributed by atoms with E-state index in [0.717, 1.165) is 28.5 Å². The molecule has 3 rings (SSSR count). The van der Waals surface area contributed by atoms with Crippen LogP contribution in [0, 0.1) is 5.92 Å². The van der Waals surface area contributed by atoms with Gasteiger partial charge in [0.05, 0.1) is 0 Å². The topological polar surface area (TPSA) is 52.0 Å². The van der Waals surface area contributed by atoms with Crippen LogP contribution >= 0.6 is 0 Å². The highest BCUT2D eigenvalue weighted by Gasteiger charge is 2.25. The van der Waals surface area contributed by atoms with Crippen molar-refractivity contribution in [1.82, 2.24) is 4.98 Å². The van der Waals surface area contributed by atoms with Gasteiger partial charge < -0.3 is 10.2 Å². The van der Waals surface area contributed by atoms with Gasteiger partial charge in [-0.15, -0.1) is 0 Å². The first-order chi connectivity index (χ1) is 10.3. The summed E-state index contributed by atoms with van der Waals surface area (Å²) in [6, 6.07) is 6.09. The van der Waals surface area contributed by atoms with Crippen LogP contribution in [0.4, 0.5) is 0 Å². The van der Waals surface area contributed by atoms with E-state index in [1.54, 1.807) is 0 Å². The van der Waals surface area contributed by atoms with Crippen LogP contribution in [0.25, 0.3) is 11.1 Å². The number of hydrogen-bond acceptors (Lipinski definition) is 3. The first-order valence-electron chi connectivity index (χ1n) is 8.39. The quantitative estimate of drug-likeness (QED) is 0.862. The molecule has 1 saturated carbocycles. The van der Waals surface area contributed by atoms with Gasteiger partial charge in [0, 0.05) is 12.5 Å². The lowest BCUT2D eigenvalue weighted by atomic mass is 9.80. The van der Waals surface area contributed by atoms with Crippen molar-refractivity contribution in [2.24, 2.45) is 11.7 Å². The number of nitrogens with two attached hydrogens (primary N) is 1. The number of benzene rings is 1. The Kier molecular flexibility index (Phi) is 4.59. The van der Waals surface area contributed by atoms with E-state index in [4.69, 9.17) is 15.1 Å². The molecule has 0 saturated heterocycles. The number of aromatic nitrogens is 1. The van der Waals surface area contributed by atoms with Gasteiger partial charge in [0.25, 0.3) is 0 Å². The third-order valence-electron chi connectivity index (χ3n) is 4.87. The number of unbranched alkanes of at least 4 members (excludes halogenated alkanes) is 1. The van der Waals surface area contributed by atoms with Crippen LogP contribution in [0.3, 0.4) is 0 Å². The fourth-order valence-corrected chi connectivity index (χ4v) is 3.48. The minimum absolute atomic E-state index is 0.511. The fraction of sp³-hybridized carbons (Fsp3) is 0.611. The maximum absolute atomic E-state index is 6.00. The molecule has 114 valence electrons. The standard InChI is InChI=1S/C18H26N2O/c1-2-3-4-13-5-8-15(9-6-13)18-20-16-10-7-14(12-19)11-17(16)21-18/h7,10-11,13,15H,2-6,8-9,12,19H2,1H3. The first kappa shape index (κ1) is 14.6. The van der Waals surface area contributed by atoms with Gasteiger partial charge in [0.15, 0.2) is 11.5 Å². The average Bonchev–Trinajstić information content (AvgIpc) is 2.96. The molecule has 3 heteroatoms. The monoisotopic (exact) mass is 286 g/mol. The zero-order chi connectivity index (χ0) is 14.7. The summed E-state index contributed by atoms with van der Waals surface area (Å²) in [5.74, 6) is 2.37. The van der Waals surface area contributed by atoms with Gasteiger partial charge in [-0.05, 0) is 49.3 Å². The molecule has 0 atom stereocenters. The van der Waals surface area contributed by atoms with Crippen molar-refractivity contribution >= 4 is 11.1 Å². The molecular weight excluding hydrogens is 260 g/mol. The van der Waals surface area contributed by atoms with Crippen molar-refractivity contribution in [3.8, 4) is 0 Å². The van der Waals surface area contributed by atoms with Crippen LogP contribution in [-0.2, 0) is 6.54 Å². The summed E-state index contributed by atoms with van der Waals surface area (Å²) in [6.07, 6.45) is 9.20. The number of oxazole rings is 1. The van der Waals surface area contributed by atoms with E-state index in [9.17, 15) is 0 Å². The van der Waals surface area contributed by atoms with E-state index < -0.39 is 0 Å². The number of fused-ring (bicyclic) bond motifs is 1.